The molecule has 2 aliphatic heterocycles. The molecule has 1 aromatic carbocycles. The molecule has 3 aliphatic rings. The molecule has 1 saturated carbocycles. The summed E-state index contributed by atoms with van der Waals surface area (Å²) < 4.78 is 11.5. The number of nitrogens with zero attached hydrogens (tertiary/aromatic N) is 1. The van der Waals surface area contributed by atoms with Gasteiger partial charge in [0.2, 0.25) is 0 Å². The fourth-order valence-electron chi connectivity index (χ4n) is 3.24. The molecule has 0 N–H and O–H groups in total. The Kier molecular flexibility index (Phi) is 3.43. The van der Waals surface area contributed by atoms with Gasteiger partial charge in [0, 0.05) is 18.2 Å². The van der Waals surface area contributed by atoms with Gasteiger partial charge < -0.3 is 9.47 Å². The van der Waals surface area contributed by atoms with Crippen LogP contribution in [0.2, 0.25) is 0 Å². The van der Waals surface area contributed by atoms with E-state index in [2.05, 4.69) is 4.90 Å². The Morgan fingerprint density at radius 3 is 2.76 bits per heavy atom. The highest BCUT2D eigenvalue weighted by atomic mass is 16.5. The number of benzene rings is 1. The van der Waals surface area contributed by atoms with Crippen molar-refractivity contribution < 1.29 is 14.3 Å². The van der Waals surface area contributed by atoms with Gasteiger partial charge in [-0.05, 0) is 56.5 Å². The molecule has 2 heterocycles. The predicted octanol–water partition coefficient (Wildman–Crippen LogP) is 2.27. The third-order valence-corrected chi connectivity index (χ3v) is 4.65. The zero-order valence-corrected chi connectivity index (χ0v) is 12.2. The van der Waals surface area contributed by atoms with E-state index in [1.807, 2.05) is 24.3 Å². The summed E-state index contributed by atoms with van der Waals surface area (Å²) in [6.07, 6.45) is 4.80. The summed E-state index contributed by atoms with van der Waals surface area (Å²) in [6, 6.07) is 8.04. The van der Waals surface area contributed by atoms with Crippen LogP contribution in [0.4, 0.5) is 0 Å². The summed E-state index contributed by atoms with van der Waals surface area (Å²) >= 11 is 0. The van der Waals surface area contributed by atoms with Gasteiger partial charge >= 0.3 is 0 Å². The normalized spacial score (nSPS) is 29.1. The number of hydrogen-bond acceptors (Lipinski definition) is 4. The van der Waals surface area contributed by atoms with Crippen molar-refractivity contribution >= 4 is 5.78 Å². The Balaban J connectivity index is 1.41. The molecule has 1 aromatic rings. The van der Waals surface area contributed by atoms with E-state index >= 15 is 0 Å². The van der Waals surface area contributed by atoms with E-state index in [9.17, 15) is 4.79 Å². The highest BCUT2D eigenvalue weighted by molar-refractivity contribution is 5.99. The number of ketones is 1. The number of rotatable bonds is 4. The molecular formula is C17H21NO3. The Morgan fingerprint density at radius 2 is 2.00 bits per heavy atom. The van der Waals surface area contributed by atoms with E-state index in [0.717, 1.165) is 37.2 Å². The minimum Gasteiger partial charge on any atom is -0.490 e. The van der Waals surface area contributed by atoms with Crippen molar-refractivity contribution in [1.82, 2.24) is 4.90 Å². The predicted molar refractivity (Wildman–Crippen MR) is 78.8 cm³/mol. The number of Topliss-reactive ketones (excluding diaryl/α,β-unsaturated/α-hetero) is 1. The van der Waals surface area contributed by atoms with Gasteiger partial charge in [-0.1, -0.05) is 0 Å². The van der Waals surface area contributed by atoms with Gasteiger partial charge in [-0.25, -0.2) is 0 Å². The summed E-state index contributed by atoms with van der Waals surface area (Å²) in [5, 5.41) is 0. The first kappa shape index (κ1) is 13.3. The zero-order chi connectivity index (χ0) is 14.2. The molecule has 21 heavy (non-hydrogen) atoms. The van der Waals surface area contributed by atoms with E-state index in [1.165, 1.54) is 12.8 Å². The number of morpholine rings is 1. The number of carbonyl (C=O) groups is 1. The molecule has 4 heteroatoms. The molecule has 1 aliphatic carbocycles. The Labute approximate surface area is 125 Å². The van der Waals surface area contributed by atoms with E-state index in [-0.39, 0.29) is 11.9 Å². The molecule has 0 aromatic heterocycles. The second-order valence-corrected chi connectivity index (χ2v) is 6.32. The topological polar surface area (TPSA) is 38.8 Å². The van der Waals surface area contributed by atoms with Crippen LogP contribution in [0.5, 0.6) is 5.75 Å². The monoisotopic (exact) mass is 287 g/mol. The van der Waals surface area contributed by atoms with Crippen molar-refractivity contribution in [3.8, 4) is 5.75 Å². The minimum absolute atomic E-state index is 0.0957. The van der Waals surface area contributed by atoms with E-state index in [0.29, 0.717) is 18.8 Å². The van der Waals surface area contributed by atoms with E-state index < -0.39 is 0 Å². The lowest BCUT2D eigenvalue weighted by atomic mass is 10.0. The first-order valence-corrected chi connectivity index (χ1v) is 7.96. The quantitative estimate of drug-likeness (QED) is 0.796. The molecule has 4 rings (SSSR count). The summed E-state index contributed by atoms with van der Waals surface area (Å²) in [5.41, 5.74) is 0.723. The highest BCUT2D eigenvalue weighted by Gasteiger charge is 2.35. The van der Waals surface area contributed by atoms with Crippen molar-refractivity contribution in [3.05, 3.63) is 29.8 Å². The molecule has 4 nitrogen and oxygen atoms in total. The maximum absolute atomic E-state index is 12.5. The van der Waals surface area contributed by atoms with Gasteiger partial charge in [0.25, 0.3) is 0 Å². The second kappa shape index (κ2) is 5.43. The smallest absolute Gasteiger partial charge is 0.192 e. The van der Waals surface area contributed by atoms with E-state index in [4.69, 9.17) is 9.47 Å². The van der Waals surface area contributed by atoms with Crippen LogP contribution in [0.3, 0.4) is 0 Å². The molecule has 2 unspecified atom stereocenters. The number of carbonyl (C=O) groups excluding carboxylic acids is 1. The van der Waals surface area contributed by atoms with Crippen LogP contribution in [0, 0.1) is 0 Å². The highest BCUT2D eigenvalue weighted by Crippen LogP contribution is 2.28. The maximum Gasteiger partial charge on any atom is 0.192 e. The summed E-state index contributed by atoms with van der Waals surface area (Å²) in [6.45, 7) is 2.54. The lowest BCUT2D eigenvalue weighted by Gasteiger charge is -2.34. The standard InChI is InChI=1S/C17H21NO3/c19-17(16-10-18-9-1-2-13(18)11-20-16)12-3-5-14(6-4-12)21-15-7-8-15/h3-6,13,15-16H,1-2,7-11H2. The second-order valence-electron chi connectivity index (χ2n) is 6.32. The van der Waals surface area contributed by atoms with Crippen LogP contribution >= 0.6 is 0 Å². The maximum atomic E-state index is 12.5. The molecule has 0 radical (unpaired) electrons. The number of hydrogen-bond donors (Lipinski definition) is 0. The Hall–Kier alpha value is -1.39. The SMILES string of the molecule is O=C(c1ccc(OC2CC2)cc1)C1CN2CCCC2CO1. The molecule has 3 fully saturated rings. The van der Waals surface area contributed by atoms with Crippen LogP contribution in [0.15, 0.2) is 24.3 Å². The summed E-state index contributed by atoms with van der Waals surface area (Å²) in [7, 11) is 0. The third-order valence-electron chi connectivity index (χ3n) is 4.65. The van der Waals surface area contributed by atoms with Crippen LogP contribution in [-0.2, 0) is 4.74 Å². The Bertz CT molecular complexity index is 523. The van der Waals surface area contributed by atoms with Gasteiger partial charge in [-0.3, -0.25) is 9.69 Å². The van der Waals surface area contributed by atoms with Gasteiger partial charge in [0.1, 0.15) is 11.9 Å². The zero-order valence-electron chi connectivity index (χ0n) is 12.2. The van der Waals surface area contributed by atoms with Crippen LogP contribution in [-0.4, -0.2) is 48.6 Å². The lowest BCUT2D eigenvalue weighted by molar-refractivity contribution is -0.0344. The van der Waals surface area contributed by atoms with Crippen molar-refractivity contribution in [2.75, 3.05) is 19.7 Å². The fraction of sp³-hybridized carbons (Fsp3) is 0.588. The first-order valence-electron chi connectivity index (χ1n) is 7.96. The van der Waals surface area contributed by atoms with Crippen molar-refractivity contribution in [2.24, 2.45) is 0 Å². The molecule has 0 spiro atoms. The molecule has 112 valence electrons. The van der Waals surface area contributed by atoms with Crippen molar-refractivity contribution in [3.63, 3.8) is 0 Å². The average Bonchev–Trinajstić information content (AvgIpc) is 3.21. The Morgan fingerprint density at radius 1 is 1.19 bits per heavy atom. The fourth-order valence-corrected chi connectivity index (χ4v) is 3.24. The van der Waals surface area contributed by atoms with Crippen LogP contribution < -0.4 is 4.74 Å². The molecule has 2 saturated heterocycles. The number of ether oxygens (including phenoxy) is 2. The molecule has 2 atom stereocenters. The first-order chi connectivity index (χ1) is 10.3. The van der Waals surface area contributed by atoms with Gasteiger partial charge in [0.05, 0.1) is 12.7 Å². The summed E-state index contributed by atoms with van der Waals surface area (Å²) in [4.78, 5) is 14.9. The molecular weight excluding hydrogens is 266 g/mol. The van der Waals surface area contributed by atoms with Gasteiger partial charge in [0.15, 0.2) is 5.78 Å². The third kappa shape index (κ3) is 2.83. The van der Waals surface area contributed by atoms with Crippen LogP contribution in [0.1, 0.15) is 36.0 Å². The van der Waals surface area contributed by atoms with Gasteiger partial charge in [-0.15, -0.1) is 0 Å². The van der Waals surface area contributed by atoms with Crippen molar-refractivity contribution in [1.29, 1.82) is 0 Å². The largest absolute Gasteiger partial charge is 0.490 e. The number of fused-ring (bicyclic) bond motifs is 1. The minimum atomic E-state index is -0.311. The summed E-state index contributed by atoms with van der Waals surface area (Å²) in [5.74, 6) is 0.955. The molecule has 0 bridgehead atoms. The molecule has 0 amide bonds. The average molecular weight is 287 g/mol. The van der Waals surface area contributed by atoms with E-state index in [1.54, 1.807) is 0 Å². The van der Waals surface area contributed by atoms with Crippen LogP contribution in [0.25, 0.3) is 0 Å². The van der Waals surface area contributed by atoms with Crippen molar-refractivity contribution in [2.45, 2.75) is 43.9 Å². The van der Waals surface area contributed by atoms with Gasteiger partial charge in [-0.2, -0.15) is 0 Å². The lowest BCUT2D eigenvalue weighted by Crippen LogP contribution is -2.49.